The van der Waals surface area contributed by atoms with Gasteiger partial charge in [0.15, 0.2) is 0 Å². The van der Waals surface area contributed by atoms with Crippen molar-refractivity contribution in [3.05, 3.63) is 90.3 Å². The van der Waals surface area contributed by atoms with Gasteiger partial charge in [0.25, 0.3) is 0 Å². The lowest BCUT2D eigenvalue weighted by Gasteiger charge is -2.39. The van der Waals surface area contributed by atoms with E-state index in [1.165, 1.54) is 24.5 Å². The molecule has 0 aliphatic carbocycles. The third kappa shape index (κ3) is 4.50. The molecule has 3 heterocycles. The lowest BCUT2D eigenvalue weighted by atomic mass is 9.73. The standard InChI is InChI=1S/C26H17F2N5O6/c27-14-1-5-16(6-2-14)32-23(36)19(21(34)30-25(32)38)18(13-9-11-29-12-10-13)20-22(35)31-26(39)33(24(20)37)17-7-3-15(28)4-8-17/h1-12,18-20H,(H,30,34,38)(H,31,35,39). The minimum atomic E-state index is -1.81. The highest BCUT2D eigenvalue weighted by molar-refractivity contribution is 6.31. The van der Waals surface area contributed by atoms with Crippen LogP contribution >= 0.6 is 0 Å². The van der Waals surface area contributed by atoms with Gasteiger partial charge in [-0.25, -0.2) is 28.2 Å². The first kappa shape index (κ1) is 25.3. The Morgan fingerprint density at radius 1 is 0.615 bits per heavy atom. The van der Waals surface area contributed by atoms with Gasteiger partial charge in [0.05, 0.1) is 11.4 Å². The van der Waals surface area contributed by atoms with Crippen LogP contribution in [-0.4, -0.2) is 40.7 Å². The predicted octanol–water partition coefficient (Wildman–Crippen LogP) is 2.24. The number of rotatable bonds is 5. The number of carbonyl (C=O) groups excluding carboxylic acids is 6. The van der Waals surface area contributed by atoms with E-state index in [9.17, 15) is 37.5 Å². The van der Waals surface area contributed by atoms with Crippen molar-refractivity contribution in [1.82, 2.24) is 15.6 Å². The van der Waals surface area contributed by atoms with E-state index in [0.717, 1.165) is 48.5 Å². The SMILES string of the molecule is O=C1NC(=O)N(c2ccc(F)cc2)C(=O)C1C(c1ccncc1)C1C(=O)NC(=O)N(c2ccc(F)cc2)C1=O. The maximum atomic E-state index is 13.7. The topological polar surface area (TPSA) is 146 Å². The number of amides is 8. The number of barbiturate groups is 2. The first-order valence-electron chi connectivity index (χ1n) is 11.5. The van der Waals surface area contributed by atoms with Gasteiger partial charge in [0, 0.05) is 18.3 Å². The Morgan fingerprint density at radius 3 is 1.38 bits per heavy atom. The summed E-state index contributed by atoms with van der Waals surface area (Å²) in [5, 5.41) is 4.11. The van der Waals surface area contributed by atoms with Gasteiger partial charge in [0.2, 0.25) is 23.6 Å². The van der Waals surface area contributed by atoms with Crippen LogP contribution in [0.15, 0.2) is 73.1 Å². The van der Waals surface area contributed by atoms with Gasteiger partial charge in [-0.05, 0) is 66.2 Å². The molecule has 196 valence electrons. The molecule has 2 unspecified atom stereocenters. The molecular formula is C26H17F2N5O6. The maximum absolute atomic E-state index is 13.7. The second-order valence-corrected chi connectivity index (χ2v) is 8.65. The van der Waals surface area contributed by atoms with Crippen molar-refractivity contribution in [3.63, 3.8) is 0 Å². The molecule has 0 bridgehead atoms. The highest BCUT2D eigenvalue weighted by Crippen LogP contribution is 2.39. The Labute approximate surface area is 218 Å². The molecule has 0 spiro atoms. The summed E-state index contributed by atoms with van der Waals surface area (Å²) in [5.41, 5.74) is 0.0358. The maximum Gasteiger partial charge on any atom is 0.335 e. The minimum absolute atomic E-state index is 0.0626. The number of nitrogens with zero attached hydrogens (tertiary/aromatic N) is 3. The van der Waals surface area contributed by atoms with E-state index in [0.29, 0.717) is 9.80 Å². The lowest BCUT2D eigenvalue weighted by molar-refractivity contribution is -0.140. The summed E-state index contributed by atoms with van der Waals surface area (Å²) in [4.78, 5) is 84.2. The number of carbonyl (C=O) groups is 6. The van der Waals surface area contributed by atoms with Crippen LogP contribution in [0, 0.1) is 23.5 Å². The molecule has 2 saturated heterocycles. The van der Waals surface area contributed by atoms with Gasteiger partial charge < -0.3 is 0 Å². The first-order valence-corrected chi connectivity index (χ1v) is 11.5. The highest BCUT2D eigenvalue weighted by atomic mass is 19.1. The normalized spacial score (nSPS) is 20.6. The molecule has 39 heavy (non-hydrogen) atoms. The van der Waals surface area contributed by atoms with Crippen molar-refractivity contribution in [2.45, 2.75) is 5.92 Å². The van der Waals surface area contributed by atoms with E-state index >= 15 is 0 Å². The number of imide groups is 4. The Balaban J connectivity index is 1.62. The van der Waals surface area contributed by atoms with Crippen LogP contribution in [0.4, 0.5) is 29.7 Å². The van der Waals surface area contributed by atoms with Gasteiger partial charge in [-0.15, -0.1) is 0 Å². The number of anilines is 2. The second-order valence-electron chi connectivity index (χ2n) is 8.65. The molecule has 2 N–H and O–H groups in total. The van der Waals surface area contributed by atoms with Crippen LogP contribution in [0.1, 0.15) is 11.5 Å². The van der Waals surface area contributed by atoms with Crippen LogP contribution in [0.5, 0.6) is 0 Å². The largest absolute Gasteiger partial charge is 0.335 e. The average Bonchev–Trinajstić information content (AvgIpc) is 2.90. The molecule has 2 fully saturated rings. The molecule has 2 aliphatic rings. The number of pyridine rings is 1. The predicted molar refractivity (Wildman–Crippen MR) is 129 cm³/mol. The zero-order valence-corrected chi connectivity index (χ0v) is 19.7. The number of aromatic nitrogens is 1. The van der Waals surface area contributed by atoms with Gasteiger partial charge in [-0.3, -0.25) is 34.8 Å². The molecule has 8 amide bonds. The Bertz CT molecular complexity index is 1420. The summed E-state index contributed by atoms with van der Waals surface area (Å²) in [6, 6.07) is 9.15. The third-order valence-corrected chi connectivity index (χ3v) is 6.38. The molecule has 0 radical (unpaired) electrons. The van der Waals surface area contributed by atoms with Gasteiger partial charge in [-0.1, -0.05) is 0 Å². The quantitative estimate of drug-likeness (QED) is 0.479. The van der Waals surface area contributed by atoms with Crippen LogP contribution in [-0.2, 0) is 19.2 Å². The number of hydrogen-bond acceptors (Lipinski definition) is 7. The van der Waals surface area contributed by atoms with Crippen LogP contribution in [0.25, 0.3) is 0 Å². The zero-order valence-electron chi connectivity index (χ0n) is 19.7. The number of benzene rings is 2. The number of nitrogens with one attached hydrogen (secondary N) is 2. The van der Waals surface area contributed by atoms with Crippen LogP contribution in [0.2, 0.25) is 0 Å². The van der Waals surface area contributed by atoms with Gasteiger partial charge >= 0.3 is 12.1 Å². The molecule has 5 rings (SSSR count). The van der Waals surface area contributed by atoms with Crippen molar-refractivity contribution in [2.75, 3.05) is 9.80 Å². The van der Waals surface area contributed by atoms with E-state index in [-0.39, 0.29) is 16.9 Å². The Morgan fingerprint density at radius 2 is 1.00 bits per heavy atom. The fourth-order valence-electron chi connectivity index (χ4n) is 4.65. The van der Waals surface area contributed by atoms with Crippen molar-refractivity contribution in [2.24, 2.45) is 11.8 Å². The molecule has 13 heteroatoms. The van der Waals surface area contributed by atoms with Crippen LogP contribution < -0.4 is 20.4 Å². The average molecular weight is 533 g/mol. The molecule has 3 aromatic rings. The van der Waals surface area contributed by atoms with Gasteiger partial charge in [-0.2, -0.15) is 0 Å². The zero-order chi connectivity index (χ0) is 27.8. The molecule has 0 saturated carbocycles. The molecule has 2 aromatic carbocycles. The summed E-state index contributed by atoms with van der Waals surface area (Å²) in [5.74, 6) is -10.7. The highest BCUT2D eigenvalue weighted by Gasteiger charge is 2.55. The summed E-state index contributed by atoms with van der Waals surface area (Å²) in [6.07, 6.45) is 2.62. The Kier molecular flexibility index (Phi) is 6.40. The van der Waals surface area contributed by atoms with E-state index < -0.39 is 65.1 Å². The minimum Gasteiger partial charge on any atom is -0.277 e. The second kappa shape index (κ2) is 9.85. The fourth-order valence-corrected chi connectivity index (χ4v) is 4.65. The third-order valence-electron chi connectivity index (χ3n) is 6.38. The van der Waals surface area contributed by atoms with Crippen LogP contribution in [0.3, 0.4) is 0 Å². The van der Waals surface area contributed by atoms with Gasteiger partial charge in [0.1, 0.15) is 23.5 Å². The van der Waals surface area contributed by atoms with Crippen molar-refractivity contribution >= 4 is 47.1 Å². The van der Waals surface area contributed by atoms with Crippen molar-refractivity contribution in [3.8, 4) is 0 Å². The van der Waals surface area contributed by atoms with E-state index in [2.05, 4.69) is 15.6 Å². The first-order chi connectivity index (χ1) is 18.7. The van der Waals surface area contributed by atoms with Crippen molar-refractivity contribution < 1.29 is 37.5 Å². The smallest absolute Gasteiger partial charge is 0.277 e. The van der Waals surface area contributed by atoms with Crippen molar-refractivity contribution in [1.29, 1.82) is 0 Å². The van der Waals surface area contributed by atoms with E-state index in [4.69, 9.17) is 0 Å². The Hall–Kier alpha value is -5.33. The van der Waals surface area contributed by atoms with E-state index in [1.54, 1.807) is 0 Å². The number of hydrogen-bond donors (Lipinski definition) is 2. The fraction of sp³-hybridized carbons (Fsp3) is 0.115. The summed E-state index contributed by atoms with van der Waals surface area (Å²) in [6.45, 7) is 0. The molecule has 2 aliphatic heterocycles. The summed E-state index contributed by atoms with van der Waals surface area (Å²) >= 11 is 0. The molecular weight excluding hydrogens is 516 g/mol. The number of halogens is 2. The molecule has 2 atom stereocenters. The molecule has 11 nitrogen and oxygen atoms in total. The molecule has 1 aromatic heterocycles. The number of urea groups is 2. The summed E-state index contributed by atoms with van der Waals surface area (Å²) in [7, 11) is 0. The van der Waals surface area contributed by atoms with E-state index in [1.807, 2.05) is 0 Å². The monoisotopic (exact) mass is 533 g/mol. The summed E-state index contributed by atoms with van der Waals surface area (Å²) < 4.78 is 27.0. The lowest BCUT2D eigenvalue weighted by Crippen LogP contribution is -2.64.